The average Bonchev–Trinajstić information content (AvgIpc) is 3.12. The molecule has 0 saturated heterocycles. The number of nitriles is 1. The molecule has 0 fully saturated rings. The van der Waals surface area contributed by atoms with Crippen LogP contribution in [0.3, 0.4) is 0 Å². The maximum Gasteiger partial charge on any atom is 0.347 e. The number of hydrogen-bond acceptors (Lipinski definition) is 5. The molecule has 27 heavy (non-hydrogen) atoms. The van der Waals surface area contributed by atoms with Crippen LogP contribution < -0.4 is 4.74 Å². The van der Waals surface area contributed by atoms with Crippen LogP contribution in [0.4, 0.5) is 0 Å². The van der Waals surface area contributed by atoms with Gasteiger partial charge in [0, 0.05) is 22.7 Å². The maximum atomic E-state index is 12.6. The molecule has 0 saturated carbocycles. The molecule has 0 bridgehead atoms. The molecule has 2 atom stereocenters. The molecule has 6 heteroatoms. The molecule has 2 aromatic carbocycles. The van der Waals surface area contributed by atoms with Crippen molar-refractivity contribution in [2.45, 2.75) is 26.1 Å². The van der Waals surface area contributed by atoms with Gasteiger partial charge in [0.25, 0.3) is 0 Å². The second kappa shape index (κ2) is 7.75. The molecule has 0 spiro atoms. The van der Waals surface area contributed by atoms with Gasteiger partial charge in [-0.05, 0) is 44.2 Å². The van der Waals surface area contributed by atoms with Crippen molar-refractivity contribution in [1.82, 2.24) is 4.98 Å². The number of esters is 1. The average molecular weight is 362 g/mol. The van der Waals surface area contributed by atoms with Crippen LogP contribution in [-0.4, -0.2) is 28.9 Å². The lowest BCUT2D eigenvalue weighted by Crippen LogP contribution is -2.32. The lowest BCUT2D eigenvalue weighted by Gasteiger charge is -2.17. The number of fused-ring (bicyclic) bond motifs is 1. The minimum Gasteiger partial charge on any atom is -0.479 e. The molecule has 0 aliphatic carbocycles. The first kappa shape index (κ1) is 18.2. The van der Waals surface area contributed by atoms with Gasteiger partial charge in [0.15, 0.2) is 12.2 Å². The summed E-state index contributed by atoms with van der Waals surface area (Å²) in [7, 11) is 0. The van der Waals surface area contributed by atoms with Gasteiger partial charge in [-0.15, -0.1) is 0 Å². The Hall–Kier alpha value is -3.59. The molecule has 0 amide bonds. The van der Waals surface area contributed by atoms with Crippen molar-refractivity contribution in [1.29, 1.82) is 5.26 Å². The van der Waals surface area contributed by atoms with Crippen LogP contribution in [0.15, 0.2) is 54.7 Å². The van der Waals surface area contributed by atoms with Crippen molar-refractivity contribution in [2.75, 3.05) is 0 Å². The van der Waals surface area contributed by atoms with E-state index in [0.29, 0.717) is 16.9 Å². The third kappa shape index (κ3) is 3.98. The highest BCUT2D eigenvalue weighted by molar-refractivity contribution is 6.10. The Balaban J connectivity index is 1.63. The Labute approximate surface area is 156 Å². The number of rotatable bonds is 6. The van der Waals surface area contributed by atoms with Crippen LogP contribution in [-0.2, 0) is 9.53 Å². The molecule has 1 aromatic heterocycles. The number of carbonyl (C=O) groups excluding carboxylic acids is 2. The van der Waals surface area contributed by atoms with E-state index in [1.165, 1.54) is 6.92 Å². The third-order valence-electron chi connectivity index (χ3n) is 4.15. The van der Waals surface area contributed by atoms with Crippen LogP contribution in [0.1, 0.15) is 29.8 Å². The number of ketones is 1. The molecule has 136 valence electrons. The highest BCUT2D eigenvalue weighted by atomic mass is 16.6. The second-order valence-corrected chi connectivity index (χ2v) is 6.09. The SMILES string of the molecule is C[C@@H](Oc1ccc(C#N)cc1)C(=O)O[C@H](C)C(=O)c1c[nH]c2ccccc12. The van der Waals surface area contributed by atoms with E-state index in [1.807, 2.05) is 30.3 Å². The number of benzene rings is 2. The minimum absolute atomic E-state index is 0.286. The third-order valence-corrected chi connectivity index (χ3v) is 4.15. The van der Waals surface area contributed by atoms with Crippen molar-refractivity contribution in [3.63, 3.8) is 0 Å². The predicted octanol–water partition coefficient (Wildman–Crippen LogP) is 3.62. The topological polar surface area (TPSA) is 92.2 Å². The van der Waals surface area contributed by atoms with E-state index in [1.54, 1.807) is 37.4 Å². The summed E-state index contributed by atoms with van der Waals surface area (Å²) < 4.78 is 10.8. The van der Waals surface area contributed by atoms with Crippen molar-refractivity contribution in [2.24, 2.45) is 0 Å². The van der Waals surface area contributed by atoms with E-state index in [4.69, 9.17) is 14.7 Å². The Morgan fingerprint density at radius 2 is 1.74 bits per heavy atom. The van der Waals surface area contributed by atoms with Gasteiger partial charge in [-0.3, -0.25) is 4.79 Å². The molecule has 0 aliphatic rings. The number of nitrogens with zero attached hydrogens (tertiary/aromatic N) is 1. The van der Waals surface area contributed by atoms with Crippen molar-refractivity contribution in [3.8, 4) is 11.8 Å². The highest BCUT2D eigenvalue weighted by Gasteiger charge is 2.25. The summed E-state index contributed by atoms with van der Waals surface area (Å²) in [5.74, 6) is -0.486. The van der Waals surface area contributed by atoms with Crippen molar-refractivity contribution in [3.05, 3.63) is 65.9 Å². The molecule has 0 unspecified atom stereocenters. The first-order valence-corrected chi connectivity index (χ1v) is 8.47. The summed E-state index contributed by atoms with van der Waals surface area (Å²) in [6.45, 7) is 3.08. The summed E-state index contributed by atoms with van der Waals surface area (Å²) in [5.41, 5.74) is 1.82. The number of Topliss-reactive ketones (excluding diaryl/α,β-unsaturated/α-hetero) is 1. The fourth-order valence-corrected chi connectivity index (χ4v) is 2.68. The van der Waals surface area contributed by atoms with E-state index in [2.05, 4.69) is 4.98 Å². The first-order valence-electron chi connectivity index (χ1n) is 8.47. The van der Waals surface area contributed by atoms with Crippen molar-refractivity contribution < 1.29 is 19.1 Å². The molecule has 3 aromatic rings. The second-order valence-electron chi connectivity index (χ2n) is 6.09. The summed E-state index contributed by atoms with van der Waals surface area (Å²) in [6, 6.07) is 15.8. The smallest absolute Gasteiger partial charge is 0.347 e. The Morgan fingerprint density at radius 1 is 1.04 bits per heavy atom. The molecule has 3 rings (SSSR count). The first-order chi connectivity index (χ1) is 13.0. The molecule has 1 N–H and O–H groups in total. The van der Waals surface area contributed by atoms with E-state index in [9.17, 15) is 9.59 Å². The number of H-pyrrole nitrogens is 1. The van der Waals surface area contributed by atoms with Crippen LogP contribution >= 0.6 is 0 Å². The molecule has 0 aliphatic heterocycles. The monoisotopic (exact) mass is 362 g/mol. The zero-order valence-corrected chi connectivity index (χ0v) is 14.9. The van der Waals surface area contributed by atoms with Gasteiger partial charge in [-0.1, -0.05) is 18.2 Å². The Morgan fingerprint density at radius 3 is 2.44 bits per heavy atom. The largest absolute Gasteiger partial charge is 0.479 e. The van der Waals surface area contributed by atoms with Crippen LogP contribution in [0.25, 0.3) is 10.9 Å². The fourth-order valence-electron chi connectivity index (χ4n) is 2.68. The number of para-hydroxylation sites is 1. The summed E-state index contributed by atoms with van der Waals surface area (Å²) >= 11 is 0. The summed E-state index contributed by atoms with van der Waals surface area (Å²) in [6.07, 6.45) is -0.214. The fraction of sp³-hybridized carbons (Fsp3) is 0.190. The number of carbonyl (C=O) groups is 2. The van der Waals surface area contributed by atoms with Crippen LogP contribution in [0.2, 0.25) is 0 Å². The minimum atomic E-state index is -0.941. The van der Waals surface area contributed by atoms with Gasteiger partial charge < -0.3 is 14.5 Å². The van der Waals surface area contributed by atoms with Gasteiger partial charge in [0.2, 0.25) is 5.78 Å². The summed E-state index contributed by atoms with van der Waals surface area (Å²) in [5, 5.41) is 9.58. The van der Waals surface area contributed by atoms with Crippen LogP contribution in [0, 0.1) is 11.3 Å². The van der Waals surface area contributed by atoms with E-state index < -0.39 is 18.2 Å². The Bertz CT molecular complexity index is 1010. The quantitative estimate of drug-likeness (QED) is 0.534. The number of aromatic amines is 1. The summed E-state index contributed by atoms with van der Waals surface area (Å²) in [4.78, 5) is 27.9. The van der Waals surface area contributed by atoms with Crippen LogP contribution in [0.5, 0.6) is 5.75 Å². The van der Waals surface area contributed by atoms with Gasteiger partial charge in [0.05, 0.1) is 11.6 Å². The van der Waals surface area contributed by atoms with Gasteiger partial charge in [-0.2, -0.15) is 5.26 Å². The van der Waals surface area contributed by atoms with E-state index in [0.717, 1.165) is 10.9 Å². The lowest BCUT2D eigenvalue weighted by atomic mass is 10.1. The van der Waals surface area contributed by atoms with Gasteiger partial charge >= 0.3 is 5.97 Å². The normalized spacial score (nSPS) is 12.8. The zero-order valence-electron chi connectivity index (χ0n) is 14.9. The molecular weight excluding hydrogens is 344 g/mol. The maximum absolute atomic E-state index is 12.6. The molecule has 6 nitrogen and oxygen atoms in total. The zero-order chi connectivity index (χ0) is 19.4. The van der Waals surface area contributed by atoms with Gasteiger partial charge in [0.1, 0.15) is 5.75 Å². The predicted molar refractivity (Wildman–Crippen MR) is 99.4 cm³/mol. The van der Waals surface area contributed by atoms with Crippen molar-refractivity contribution >= 4 is 22.7 Å². The number of nitrogens with one attached hydrogen (secondary N) is 1. The Kier molecular flexibility index (Phi) is 5.23. The van der Waals surface area contributed by atoms with Gasteiger partial charge in [-0.25, -0.2) is 4.79 Å². The van der Waals surface area contributed by atoms with E-state index in [-0.39, 0.29) is 5.78 Å². The molecule has 0 radical (unpaired) electrons. The van der Waals surface area contributed by atoms with E-state index >= 15 is 0 Å². The molecule has 1 heterocycles. The number of hydrogen-bond donors (Lipinski definition) is 1. The number of aromatic nitrogens is 1. The molecular formula is C21H18N2O4. The lowest BCUT2D eigenvalue weighted by molar-refractivity contribution is -0.153. The standard InChI is InChI=1S/C21H18N2O4/c1-13(20(24)18-12-23-19-6-4-3-5-17(18)19)27-21(25)14(2)26-16-9-7-15(11-22)8-10-16/h3-10,12-14,23H,1-2H3/t13-,14-/m1/s1. The number of ether oxygens (including phenoxy) is 2. The highest BCUT2D eigenvalue weighted by Crippen LogP contribution is 2.20.